The van der Waals surface area contributed by atoms with Gasteiger partial charge in [0.1, 0.15) is 16.9 Å². The topological polar surface area (TPSA) is 64.9 Å². The lowest BCUT2D eigenvalue weighted by atomic mass is 10.1. The largest absolute Gasteiger partial charge is 0.315 e. The van der Waals surface area contributed by atoms with E-state index in [1.165, 1.54) is 28.3 Å². The molecule has 1 atom stereocenters. The van der Waals surface area contributed by atoms with Crippen molar-refractivity contribution in [3.8, 4) is 6.07 Å². The minimum atomic E-state index is -0.291. The summed E-state index contributed by atoms with van der Waals surface area (Å²) in [6.45, 7) is 0.0907. The van der Waals surface area contributed by atoms with Gasteiger partial charge in [-0.05, 0) is 54.0 Å². The monoisotopic (exact) mass is 411 g/mol. The number of nitrogens with zero attached hydrogens (tertiary/aromatic N) is 1. The number of benzene rings is 1. The molecule has 4 rings (SSSR count). The molecule has 1 aliphatic rings. The fourth-order valence-corrected chi connectivity index (χ4v) is 5.55. The summed E-state index contributed by atoms with van der Waals surface area (Å²) in [4.78, 5) is 14.8. The molecule has 0 fully saturated rings. The molecule has 0 aliphatic heterocycles. The highest BCUT2D eigenvalue weighted by Gasteiger charge is 2.23. The van der Waals surface area contributed by atoms with Gasteiger partial charge in [0.15, 0.2) is 0 Å². The van der Waals surface area contributed by atoms with Gasteiger partial charge in [-0.2, -0.15) is 5.26 Å². The lowest BCUT2D eigenvalue weighted by Crippen LogP contribution is -2.31. The molecule has 2 aromatic heterocycles. The molecule has 1 aliphatic carbocycles. The number of nitrogens with one attached hydrogen (secondary N) is 2. The molecule has 0 spiro atoms. The number of hydrogen-bond donors (Lipinski definition) is 2. The standard InChI is InChI=1S/C21H18FN3OS2/c22-14-8-6-13(7-9-14)20(18-5-2-10-27-18)24-12-19(26)25-21-16(11-23)15-3-1-4-17(15)28-21/h2,5-10,20,24H,1,3-4,12H2,(H,25,26)/t20-/m1/s1. The van der Waals surface area contributed by atoms with Crippen LogP contribution in [-0.2, 0) is 17.6 Å². The highest BCUT2D eigenvalue weighted by molar-refractivity contribution is 7.16. The molecule has 142 valence electrons. The van der Waals surface area contributed by atoms with Crippen LogP contribution in [-0.4, -0.2) is 12.5 Å². The molecule has 0 radical (unpaired) electrons. The number of carbonyl (C=O) groups excluding carboxylic acids is 1. The summed E-state index contributed by atoms with van der Waals surface area (Å²) >= 11 is 3.09. The van der Waals surface area contributed by atoms with Crippen molar-refractivity contribution < 1.29 is 9.18 Å². The Bertz CT molecular complexity index is 1020. The Kier molecular flexibility index (Phi) is 5.53. The van der Waals surface area contributed by atoms with Crippen LogP contribution >= 0.6 is 22.7 Å². The number of amides is 1. The molecule has 4 nitrogen and oxygen atoms in total. The Morgan fingerprint density at radius 3 is 2.79 bits per heavy atom. The van der Waals surface area contributed by atoms with Gasteiger partial charge >= 0.3 is 0 Å². The fourth-order valence-electron chi connectivity index (χ4n) is 3.47. The first kappa shape index (κ1) is 18.8. The number of rotatable bonds is 6. The van der Waals surface area contributed by atoms with E-state index in [2.05, 4.69) is 16.7 Å². The molecule has 1 amide bonds. The molecule has 28 heavy (non-hydrogen) atoms. The molecule has 0 saturated carbocycles. The summed E-state index contributed by atoms with van der Waals surface area (Å²) in [5, 5.41) is 18.2. The Hall–Kier alpha value is -2.53. The number of aryl methyl sites for hydroxylation is 1. The summed E-state index contributed by atoms with van der Waals surface area (Å²) in [7, 11) is 0. The zero-order valence-corrected chi connectivity index (χ0v) is 16.6. The van der Waals surface area contributed by atoms with Gasteiger partial charge in [0.25, 0.3) is 0 Å². The van der Waals surface area contributed by atoms with E-state index in [-0.39, 0.29) is 24.3 Å². The van der Waals surface area contributed by atoms with Gasteiger partial charge in [-0.25, -0.2) is 4.39 Å². The van der Waals surface area contributed by atoms with Crippen LogP contribution in [0.1, 0.15) is 38.9 Å². The van der Waals surface area contributed by atoms with Crippen LogP contribution in [0.5, 0.6) is 0 Å². The maximum Gasteiger partial charge on any atom is 0.238 e. The van der Waals surface area contributed by atoms with Crippen molar-refractivity contribution >= 4 is 33.6 Å². The van der Waals surface area contributed by atoms with E-state index in [0.29, 0.717) is 10.6 Å². The predicted octanol–water partition coefficient (Wildman–Crippen LogP) is 4.63. The lowest BCUT2D eigenvalue weighted by molar-refractivity contribution is -0.115. The van der Waals surface area contributed by atoms with Crippen LogP contribution in [0.4, 0.5) is 9.39 Å². The number of halogens is 1. The Balaban J connectivity index is 1.47. The average Bonchev–Trinajstić information content (AvgIpc) is 3.41. The average molecular weight is 412 g/mol. The van der Waals surface area contributed by atoms with E-state index in [1.807, 2.05) is 17.5 Å². The second-order valence-corrected chi connectivity index (χ2v) is 8.69. The van der Waals surface area contributed by atoms with E-state index in [4.69, 9.17) is 0 Å². The number of carbonyl (C=O) groups is 1. The van der Waals surface area contributed by atoms with Gasteiger partial charge in [-0.15, -0.1) is 22.7 Å². The van der Waals surface area contributed by atoms with Crippen molar-refractivity contribution in [1.82, 2.24) is 5.32 Å². The molecular formula is C21H18FN3OS2. The highest BCUT2D eigenvalue weighted by atomic mass is 32.1. The molecule has 2 heterocycles. The SMILES string of the molecule is N#Cc1c(NC(=O)CN[C@H](c2ccc(F)cc2)c2cccs2)sc2c1CCC2. The molecular weight excluding hydrogens is 393 g/mol. The number of anilines is 1. The van der Waals surface area contributed by atoms with Gasteiger partial charge < -0.3 is 5.32 Å². The van der Waals surface area contributed by atoms with Crippen molar-refractivity contribution in [1.29, 1.82) is 5.26 Å². The third-order valence-corrected chi connectivity index (χ3v) is 6.93. The van der Waals surface area contributed by atoms with Crippen LogP contribution in [0.3, 0.4) is 0 Å². The summed E-state index contributed by atoms with van der Waals surface area (Å²) in [5.74, 6) is -0.485. The van der Waals surface area contributed by atoms with Gasteiger partial charge in [-0.3, -0.25) is 10.1 Å². The first-order chi connectivity index (χ1) is 13.7. The van der Waals surface area contributed by atoms with Crippen LogP contribution < -0.4 is 10.6 Å². The number of fused-ring (bicyclic) bond motifs is 1. The van der Waals surface area contributed by atoms with Crippen LogP contribution in [0.2, 0.25) is 0 Å². The van der Waals surface area contributed by atoms with E-state index in [1.54, 1.807) is 23.5 Å². The summed E-state index contributed by atoms with van der Waals surface area (Å²) in [6, 6.07) is 12.3. The van der Waals surface area contributed by atoms with Crippen LogP contribution in [0, 0.1) is 17.1 Å². The zero-order valence-electron chi connectivity index (χ0n) is 15.0. The highest BCUT2D eigenvalue weighted by Crippen LogP contribution is 2.38. The van der Waals surface area contributed by atoms with Gasteiger partial charge in [-0.1, -0.05) is 18.2 Å². The zero-order chi connectivity index (χ0) is 19.5. The molecule has 0 bridgehead atoms. The van der Waals surface area contributed by atoms with Gasteiger partial charge in [0, 0.05) is 9.75 Å². The molecule has 0 unspecified atom stereocenters. The van der Waals surface area contributed by atoms with E-state index >= 15 is 0 Å². The first-order valence-corrected chi connectivity index (χ1v) is 10.7. The molecule has 7 heteroatoms. The Morgan fingerprint density at radius 1 is 1.25 bits per heavy atom. The number of hydrogen-bond acceptors (Lipinski definition) is 5. The van der Waals surface area contributed by atoms with Crippen molar-refractivity contribution in [3.63, 3.8) is 0 Å². The maximum absolute atomic E-state index is 13.3. The van der Waals surface area contributed by atoms with E-state index in [9.17, 15) is 14.4 Å². The minimum Gasteiger partial charge on any atom is -0.315 e. The maximum atomic E-state index is 13.3. The molecule has 1 aromatic carbocycles. The number of nitriles is 1. The number of thiophene rings is 2. The van der Waals surface area contributed by atoms with Crippen LogP contribution in [0.25, 0.3) is 0 Å². The lowest BCUT2D eigenvalue weighted by Gasteiger charge is -2.18. The second-order valence-electron chi connectivity index (χ2n) is 6.60. The molecule has 0 saturated heterocycles. The van der Waals surface area contributed by atoms with Crippen LogP contribution in [0.15, 0.2) is 41.8 Å². The first-order valence-electron chi connectivity index (χ1n) is 9.02. The predicted molar refractivity (Wildman–Crippen MR) is 110 cm³/mol. The van der Waals surface area contributed by atoms with Crippen molar-refractivity contribution in [2.24, 2.45) is 0 Å². The summed E-state index contributed by atoms with van der Waals surface area (Å²) in [5.41, 5.74) is 2.60. The van der Waals surface area contributed by atoms with Gasteiger partial charge in [0.05, 0.1) is 18.2 Å². The van der Waals surface area contributed by atoms with E-state index in [0.717, 1.165) is 35.3 Å². The van der Waals surface area contributed by atoms with Crippen molar-refractivity contribution in [2.75, 3.05) is 11.9 Å². The second kappa shape index (κ2) is 8.23. The summed E-state index contributed by atoms with van der Waals surface area (Å²) in [6.07, 6.45) is 2.97. The molecule has 3 aromatic rings. The van der Waals surface area contributed by atoms with Gasteiger partial charge in [0.2, 0.25) is 5.91 Å². The van der Waals surface area contributed by atoms with Crippen molar-refractivity contribution in [2.45, 2.75) is 25.3 Å². The third-order valence-electron chi connectivity index (χ3n) is 4.78. The Labute approximate surface area is 170 Å². The normalized spacial score (nSPS) is 13.7. The summed E-state index contributed by atoms with van der Waals surface area (Å²) < 4.78 is 13.3. The van der Waals surface area contributed by atoms with E-state index < -0.39 is 0 Å². The third kappa shape index (κ3) is 3.85. The van der Waals surface area contributed by atoms with Crippen molar-refractivity contribution in [3.05, 3.63) is 74.0 Å². The quantitative estimate of drug-likeness (QED) is 0.622. The fraction of sp³-hybridized carbons (Fsp3) is 0.238. The Morgan fingerprint density at radius 2 is 2.07 bits per heavy atom. The molecule has 2 N–H and O–H groups in total. The smallest absolute Gasteiger partial charge is 0.238 e. The minimum absolute atomic E-state index is 0.0907.